The number of aliphatic hydroxyl groups is 1. The third-order valence-electron chi connectivity index (χ3n) is 5.51. The summed E-state index contributed by atoms with van der Waals surface area (Å²) in [5, 5.41) is 10.4. The van der Waals surface area contributed by atoms with Gasteiger partial charge in [-0.2, -0.15) is 0 Å². The number of likely N-dealkylation sites (tertiary alicyclic amines) is 1. The molecular formula is C22H25FN2O. The Morgan fingerprint density at radius 2 is 1.81 bits per heavy atom. The SMILES string of the molecule is Cc1ccc2c(c1)c(-c1ccc(F)cc1)cn2C1CCN(CCO)CC1. The number of aryl methyl sites for hydroxylation is 1. The van der Waals surface area contributed by atoms with Gasteiger partial charge in [-0.25, -0.2) is 4.39 Å². The number of aromatic nitrogens is 1. The fourth-order valence-electron chi connectivity index (χ4n) is 4.09. The summed E-state index contributed by atoms with van der Waals surface area (Å²) in [7, 11) is 0. The van der Waals surface area contributed by atoms with Gasteiger partial charge in [-0.3, -0.25) is 0 Å². The topological polar surface area (TPSA) is 28.4 Å². The maximum absolute atomic E-state index is 13.3. The number of nitrogens with zero attached hydrogens (tertiary/aromatic N) is 2. The van der Waals surface area contributed by atoms with Gasteiger partial charge in [0.1, 0.15) is 5.82 Å². The molecule has 2 aromatic carbocycles. The zero-order valence-electron chi connectivity index (χ0n) is 15.2. The minimum atomic E-state index is -0.204. The summed E-state index contributed by atoms with van der Waals surface area (Å²) in [4.78, 5) is 2.33. The Labute approximate surface area is 153 Å². The Balaban J connectivity index is 1.73. The maximum atomic E-state index is 13.3. The van der Waals surface area contributed by atoms with Crippen LogP contribution in [0, 0.1) is 12.7 Å². The van der Waals surface area contributed by atoms with E-state index in [1.165, 1.54) is 34.2 Å². The fourth-order valence-corrected chi connectivity index (χ4v) is 4.09. The molecular weight excluding hydrogens is 327 g/mol. The first kappa shape index (κ1) is 17.3. The van der Waals surface area contributed by atoms with E-state index in [0.717, 1.165) is 38.0 Å². The van der Waals surface area contributed by atoms with Crippen molar-refractivity contribution in [1.82, 2.24) is 9.47 Å². The predicted octanol–water partition coefficient (Wildman–Crippen LogP) is 4.39. The average molecular weight is 352 g/mol. The van der Waals surface area contributed by atoms with Crippen molar-refractivity contribution >= 4 is 10.9 Å². The summed E-state index contributed by atoms with van der Waals surface area (Å²) in [5.74, 6) is -0.204. The van der Waals surface area contributed by atoms with E-state index in [1.54, 1.807) is 0 Å². The van der Waals surface area contributed by atoms with E-state index in [4.69, 9.17) is 5.11 Å². The number of piperidine rings is 1. The first-order chi connectivity index (χ1) is 12.7. The van der Waals surface area contributed by atoms with Gasteiger partial charge in [0.05, 0.1) is 6.61 Å². The van der Waals surface area contributed by atoms with Gasteiger partial charge in [-0.15, -0.1) is 0 Å². The highest BCUT2D eigenvalue weighted by Gasteiger charge is 2.22. The molecule has 4 heteroatoms. The average Bonchev–Trinajstić information content (AvgIpc) is 3.02. The normalized spacial score (nSPS) is 16.4. The van der Waals surface area contributed by atoms with Crippen molar-refractivity contribution in [3.05, 3.63) is 60.0 Å². The number of β-amino-alcohol motifs (C(OH)–C–C–N with tert-alkyl or cyclic N) is 1. The van der Waals surface area contributed by atoms with Crippen molar-refractivity contribution in [2.45, 2.75) is 25.8 Å². The van der Waals surface area contributed by atoms with Gasteiger partial charge >= 0.3 is 0 Å². The summed E-state index contributed by atoms with van der Waals surface area (Å²) in [5.41, 5.74) is 4.70. The number of aliphatic hydroxyl groups excluding tert-OH is 1. The Morgan fingerprint density at radius 3 is 2.50 bits per heavy atom. The largest absolute Gasteiger partial charge is 0.395 e. The van der Waals surface area contributed by atoms with Crippen LogP contribution in [-0.4, -0.2) is 40.8 Å². The first-order valence-corrected chi connectivity index (χ1v) is 9.36. The highest BCUT2D eigenvalue weighted by Crippen LogP contribution is 2.35. The molecule has 0 radical (unpaired) electrons. The molecule has 0 amide bonds. The van der Waals surface area contributed by atoms with Crippen LogP contribution >= 0.6 is 0 Å². The molecule has 0 bridgehead atoms. The zero-order chi connectivity index (χ0) is 18.1. The van der Waals surface area contributed by atoms with E-state index in [0.29, 0.717) is 6.04 Å². The van der Waals surface area contributed by atoms with Crippen molar-refractivity contribution in [3.63, 3.8) is 0 Å². The van der Waals surface area contributed by atoms with E-state index < -0.39 is 0 Å². The second-order valence-electron chi connectivity index (χ2n) is 7.27. The lowest BCUT2D eigenvalue weighted by molar-refractivity contribution is 0.151. The van der Waals surface area contributed by atoms with Gasteiger partial charge in [0.15, 0.2) is 0 Å². The van der Waals surface area contributed by atoms with Crippen LogP contribution in [0.5, 0.6) is 0 Å². The third kappa shape index (κ3) is 3.27. The van der Waals surface area contributed by atoms with Crippen LogP contribution in [0.2, 0.25) is 0 Å². The molecule has 3 aromatic rings. The van der Waals surface area contributed by atoms with Gasteiger partial charge < -0.3 is 14.6 Å². The van der Waals surface area contributed by atoms with Crippen LogP contribution in [0.25, 0.3) is 22.0 Å². The highest BCUT2D eigenvalue weighted by molar-refractivity contribution is 5.96. The summed E-state index contributed by atoms with van der Waals surface area (Å²) >= 11 is 0. The van der Waals surface area contributed by atoms with Crippen molar-refractivity contribution in [1.29, 1.82) is 0 Å². The highest BCUT2D eigenvalue weighted by atomic mass is 19.1. The summed E-state index contributed by atoms with van der Waals surface area (Å²) < 4.78 is 15.8. The van der Waals surface area contributed by atoms with E-state index >= 15 is 0 Å². The second-order valence-corrected chi connectivity index (χ2v) is 7.27. The van der Waals surface area contributed by atoms with E-state index in [1.807, 2.05) is 12.1 Å². The van der Waals surface area contributed by atoms with E-state index in [-0.39, 0.29) is 12.4 Å². The number of rotatable bonds is 4. The maximum Gasteiger partial charge on any atom is 0.123 e. The molecule has 0 aliphatic carbocycles. The number of halogens is 1. The van der Waals surface area contributed by atoms with Crippen molar-refractivity contribution in [2.24, 2.45) is 0 Å². The van der Waals surface area contributed by atoms with Crippen LogP contribution in [0.1, 0.15) is 24.4 Å². The van der Waals surface area contributed by atoms with Crippen LogP contribution in [0.4, 0.5) is 4.39 Å². The Hall–Kier alpha value is -2.17. The molecule has 3 nitrogen and oxygen atoms in total. The van der Waals surface area contributed by atoms with Gasteiger partial charge in [0, 0.05) is 48.3 Å². The summed E-state index contributed by atoms with van der Waals surface area (Å²) in [6.07, 6.45) is 4.41. The molecule has 0 saturated carbocycles. The molecule has 1 aliphatic rings. The smallest absolute Gasteiger partial charge is 0.123 e. The molecule has 2 heterocycles. The van der Waals surface area contributed by atoms with Crippen molar-refractivity contribution in [2.75, 3.05) is 26.2 Å². The molecule has 0 spiro atoms. The third-order valence-corrected chi connectivity index (χ3v) is 5.51. The lowest BCUT2D eigenvalue weighted by Crippen LogP contribution is -2.36. The van der Waals surface area contributed by atoms with Crippen molar-refractivity contribution in [3.8, 4) is 11.1 Å². The Bertz CT molecular complexity index is 892. The first-order valence-electron chi connectivity index (χ1n) is 9.36. The fraction of sp³-hybridized carbons (Fsp3) is 0.364. The standard InChI is InChI=1S/C22H25FN2O/c1-16-2-7-22-20(14-16)21(17-3-5-18(23)6-4-17)15-25(22)19-8-10-24(11-9-19)12-13-26/h2-7,14-15,19,26H,8-13H2,1H3. The minimum absolute atomic E-state index is 0.204. The molecule has 1 fully saturated rings. The quantitative estimate of drug-likeness (QED) is 0.754. The Kier molecular flexibility index (Phi) is 4.79. The molecule has 1 N–H and O–H groups in total. The Morgan fingerprint density at radius 1 is 1.08 bits per heavy atom. The van der Waals surface area contributed by atoms with E-state index in [2.05, 4.69) is 40.8 Å². The van der Waals surface area contributed by atoms with Crippen LogP contribution in [0.15, 0.2) is 48.7 Å². The van der Waals surface area contributed by atoms with Crippen LogP contribution < -0.4 is 0 Å². The predicted molar refractivity (Wildman–Crippen MR) is 104 cm³/mol. The second kappa shape index (κ2) is 7.22. The molecule has 1 saturated heterocycles. The monoisotopic (exact) mass is 352 g/mol. The van der Waals surface area contributed by atoms with E-state index in [9.17, 15) is 4.39 Å². The number of hydrogen-bond donors (Lipinski definition) is 1. The molecule has 1 aliphatic heterocycles. The van der Waals surface area contributed by atoms with Crippen LogP contribution in [0.3, 0.4) is 0 Å². The zero-order valence-corrected chi connectivity index (χ0v) is 15.2. The molecule has 4 rings (SSSR count). The molecule has 1 aromatic heterocycles. The molecule has 0 atom stereocenters. The van der Waals surface area contributed by atoms with Gasteiger partial charge in [-0.05, 0) is 49.6 Å². The minimum Gasteiger partial charge on any atom is -0.395 e. The van der Waals surface area contributed by atoms with Crippen LogP contribution in [-0.2, 0) is 0 Å². The number of hydrogen-bond acceptors (Lipinski definition) is 2. The van der Waals surface area contributed by atoms with Gasteiger partial charge in [-0.1, -0.05) is 23.8 Å². The van der Waals surface area contributed by atoms with Gasteiger partial charge in [0.25, 0.3) is 0 Å². The lowest BCUT2D eigenvalue weighted by Gasteiger charge is -2.32. The van der Waals surface area contributed by atoms with Gasteiger partial charge in [0.2, 0.25) is 0 Å². The number of benzene rings is 2. The summed E-state index contributed by atoms with van der Waals surface area (Å²) in [6.45, 7) is 5.13. The molecule has 0 unspecified atom stereocenters. The van der Waals surface area contributed by atoms with Crippen molar-refractivity contribution < 1.29 is 9.50 Å². The molecule has 26 heavy (non-hydrogen) atoms. The number of fused-ring (bicyclic) bond motifs is 1. The summed E-state index contributed by atoms with van der Waals surface area (Å²) in [6, 6.07) is 13.8. The lowest BCUT2D eigenvalue weighted by atomic mass is 10.0. The molecule has 136 valence electrons.